The number of amides is 3. The summed E-state index contributed by atoms with van der Waals surface area (Å²) in [7, 11) is 0. The van der Waals surface area contributed by atoms with Gasteiger partial charge in [0, 0.05) is 6.54 Å². The highest BCUT2D eigenvalue weighted by molar-refractivity contribution is 5.94. The highest BCUT2D eigenvalue weighted by Gasteiger charge is 2.27. The summed E-state index contributed by atoms with van der Waals surface area (Å²) < 4.78 is 0. The van der Waals surface area contributed by atoms with Crippen LogP contribution < -0.4 is 33.2 Å². The Hall–Kier alpha value is -3.46. The number of aliphatic carboxylic acids is 2. The van der Waals surface area contributed by atoms with Gasteiger partial charge in [0.2, 0.25) is 17.7 Å². The number of aliphatic hydroxyl groups is 1. The summed E-state index contributed by atoms with van der Waals surface area (Å²) in [6, 6.07) is -4.16. The second kappa shape index (κ2) is 13.7. The molecular weight excluding hydrogens is 406 g/mol. The lowest BCUT2D eigenvalue weighted by Gasteiger charge is -2.19. The number of aliphatic imine (C=N–C) groups is 1. The van der Waals surface area contributed by atoms with Gasteiger partial charge in [-0.2, -0.15) is 0 Å². The molecule has 0 spiro atoms. The average Bonchev–Trinajstić information content (AvgIpc) is 2.65. The molecule has 0 aliphatic rings. The van der Waals surface area contributed by atoms with Gasteiger partial charge in [-0.3, -0.25) is 24.2 Å². The summed E-state index contributed by atoms with van der Waals surface area (Å²) in [6.45, 7) is -1.35. The van der Waals surface area contributed by atoms with Crippen LogP contribution in [-0.4, -0.2) is 88.8 Å². The predicted molar refractivity (Wildman–Crippen MR) is 102 cm³/mol. The van der Waals surface area contributed by atoms with E-state index in [1.54, 1.807) is 0 Å². The number of carbonyl (C=O) groups is 5. The molecule has 0 fully saturated rings. The lowest BCUT2D eigenvalue weighted by molar-refractivity contribution is -0.143. The van der Waals surface area contributed by atoms with E-state index in [1.807, 2.05) is 5.32 Å². The van der Waals surface area contributed by atoms with E-state index in [0.717, 1.165) is 0 Å². The van der Waals surface area contributed by atoms with Crippen molar-refractivity contribution < 1.29 is 39.3 Å². The Morgan fingerprint density at radius 2 is 1.60 bits per heavy atom. The number of nitrogens with two attached hydrogens (primary N) is 3. The van der Waals surface area contributed by atoms with Gasteiger partial charge < -0.3 is 48.5 Å². The van der Waals surface area contributed by atoms with Crippen LogP contribution in [0.3, 0.4) is 0 Å². The standard InChI is InChI=1S/C15H27N7O8/c16-7(2-1-3-19-15(17)18)12(27)22-8(4-11(25)26)13(28)20-5-10(24)21-9(6-23)14(29)30/h7-9,23H,1-6,16H2,(H,20,28)(H,21,24)(H,22,27)(H,25,26)(H,29,30)(H4,17,18,19)/t7-,8-,9-/m0/s1. The number of carboxylic acid groups (broad SMARTS) is 2. The van der Waals surface area contributed by atoms with Gasteiger partial charge in [-0.25, -0.2) is 4.79 Å². The topological polar surface area (TPSA) is 273 Å². The van der Waals surface area contributed by atoms with Crippen molar-refractivity contribution >= 4 is 35.6 Å². The molecule has 0 aliphatic heterocycles. The molecule has 0 saturated heterocycles. The molecule has 3 atom stereocenters. The normalized spacial score (nSPS) is 13.3. The summed E-state index contributed by atoms with van der Waals surface area (Å²) in [4.78, 5) is 61.3. The molecule has 15 nitrogen and oxygen atoms in total. The van der Waals surface area contributed by atoms with E-state index in [-0.39, 0.29) is 18.9 Å². The second-order valence-electron chi connectivity index (χ2n) is 6.07. The van der Waals surface area contributed by atoms with Crippen molar-refractivity contribution in [3.05, 3.63) is 0 Å². The van der Waals surface area contributed by atoms with E-state index in [1.165, 1.54) is 0 Å². The average molecular weight is 433 g/mol. The molecule has 0 heterocycles. The third kappa shape index (κ3) is 11.4. The number of rotatable bonds is 14. The molecule has 12 N–H and O–H groups in total. The number of aliphatic hydroxyl groups excluding tert-OH is 1. The zero-order valence-corrected chi connectivity index (χ0v) is 16.0. The smallest absolute Gasteiger partial charge is 0.328 e. The summed E-state index contributed by atoms with van der Waals surface area (Å²) in [5.74, 6) is -5.73. The summed E-state index contributed by atoms with van der Waals surface area (Å²) >= 11 is 0. The molecule has 0 aromatic rings. The number of hydrogen-bond donors (Lipinski definition) is 9. The maximum absolute atomic E-state index is 12.1. The van der Waals surface area contributed by atoms with Crippen LogP contribution >= 0.6 is 0 Å². The molecule has 30 heavy (non-hydrogen) atoms. The van der Waals surface area contributed by atoms with E-state index in [2.05, 4.69) is 15.6 Å². The molecule has 0 bridgehead atoms. The van der Waals surface area contributed by atoms with Gasteiger partial charge in [0.1, 0.15) is 12.1 Å². The van der Waals surface area contributed by atoms with Crippen molar-refractivity contribution in [1.29, 1.82) is 0 Å². The van der Waals surface area contributed by atoms with E-state index in [4.69, 9.17) is 32.5 Å². The molecule has 0 aromatic carbocycles. The number of carbonyl (C=O) groups excluding carboxylic acids is 3. The minimum atomic E-state index is -1.57. The molecule has 0 aromatic heterocycles. The van der Waals surface area contributed by atoms with Crippen LogP contribution in [-0.2, 0) is 24.0 Å². The first-order valence-electron chi connectivity index (χ1n) is 8.71. The Bertz CT molecular complexity index is 665. The van der Waals surface area contributed by atoms with Crippen LogP contribution in [0.5, 0.6) is 0 Å². The minimum Gasteiger partial charge on any atom is -0.481 e. The third-order valence-corrected chi connectivity index (χ3v) is 3.56. The Kier molecular flexibility index (Phi) is 12.1. The van der Waals surface area contributed by atoms with E-state index < -0.39 is 67.4 Å². The van der Waals surface area contributed by atoms with Gasteiger partial charge in [-0.05, 0) is 12.8 Å². The largest absolute Gasteiger partial charge is 0.481 e. The predicted octanol–water partition coefficient (Wildman–Crippen LogP) is -5.00. The fraction of sp³-hybridized carbons (Fsp3) is 0.600. The number of guanidine groups is 1. The van der Waals surface area contributed by atoms with Crippen molar-refractivity contribution in [2.24, 2.45) is 22.2 Å². The monoisotopic (exact) mass is 433 g/mol. The van der Waals surface area contributed by atoms with Crippen molar-refractivity contribution in [3.63, 3.8) is 0 Å². The fourth-order valence-electron chi connectivity index (χ4n) is 2.03. The number of hydrogen-bond acceptors (Lipinski definition) is 8. The molecule has 0 unspecified atom stereocenters. The fourth-order valence-corrected chi connectivity index (χ4v) is 2.03. The van der Waals surface area contributed by atoms with Crippen LogP contribution in [0.25, 0.3) is 0 Å². The summed E-state index contributed by atoms with van der Waals surface area (Å²) in [6.07, 6.45) is -0.267. The van der Waals surface area contributed by atoms with Crippen LogP contribution in [0.1, 0.15) is 19.3 Å². The van der Waals surface area contributed by atoms with Crippen LogP contribution in [0.2, 0.25) is 0 Å². The molecule has 0 aliphatic carbocycles. The maximum atomic E-state index is 12.1. The number of nitrogens with zero attached hydrogens (tertiary/aromatic N) is 1. The minimum absolute atomic E-state index is 0.121. The molecule has 15 heteroatoms. The first-order chi connectivity index (χ1) is 14.0. The van der Waals surface area contributed by atoms with E-state index in [9.17, 15) is 24.0 Å². The molecule has 0 saturated carbocycles. The van der Waals surface area contributed by atoms with Crippen LogP contribution in [0.4, 0.5) is 0 Å². The molecular formula is C15H27N7O8. The van der Waals surface area contributed by atoms with Gasteiger partial charge in [0.25, 0.3) is 0 Å². The molecule has 170 valence electrons. The van der Waals surface area contributed by atoms with Crippen LogP contribution in [0, 0.1) is 0 Å². The van der Waals surface area contributed by atoms with Crippen LogP contribution in [0.15, 0.2) is 4.99 Å². The SMILES string of the molecule is NC(N)=NCCC[C@H](N)C(=O)N[C@@H](CC(=O)O)C(=O)NCC(=O)N[C@@H](CO)C(=O)O. The van der Waals surface area contributed by atoms with Gasteiger partial charge in [-0.15, -0.1) is 0 Å². The first kappa shape index (κ1) is 26.5. The highest BCUT2D eigenvalue weighted by Crippen LogP contribution is 1.99. The zero-order chi connectivity index (χ0) is 23.3. The third-order valence-electron chi connectivity index (χ3n) is 3.56. The van der Waals surface area contributed by atoms with E-state index in [0.29, 0.717) is 6.42 Å². The lowest BCUT2D eigenvalue weighted by Crippen LogP contribution is -2.54. The lowest BCUT2D eigenvalue weighted by atomic mass is 10.1. The Balaban J connectivity index is 4.74. The Morgan fingerprint density at radius 1 is 0.967 bits per heavy atom. The molecule has 3 amide bonds. The maximum Gasteiger partial charge on any atom is 0.328 e. The van der Waals surface area contributed by atoms with Gasteiger partial charge in [0.05, 0.1) is 25.6 Å². The quantitative estimate of drug-likeness (QED) is 0.0710. The molecule has 0 rings (SSSR count). The molecule has 0 radical (unpaired) electrons. The number of carboxylic acids is 2. The second-order valence-corrected chi connectivity index (χ2v) is 6.07. The van der Waals surface area contributed by atoms with Gasteiger partial charge >= 0.3 is 11.9 Å². The van der Waals surface area contributed by atoms with Crippen molar-refractivity contribution in [2.75, 3.05) is 19.7 Å². The Labute approximate surface area is 171 Å². The highest BCUT2D eigenvalue weighted by atomic mass is 16.4. The van der Waals surface area contributed by atoms with Gasteiger partial charge in [0.15, 0.2) is 5.96 Å². The zero-order valence-electron chi connectivity index (χ0n) is 16.0. The van der Waals surface area contributed by atoms with Crippen molar-refractivity contribution in [3.8, 4) is 0 Å². The first-order valence-corrected chi connectivity index (χ1v) is 8.71. The summed E-state index contributed by atoms with van der Waals surface area (Å²) in [5.41, 5.74) is 16.0. The van der Waals surface area contributed by atoms with Gasteiger partial charge in [-0.1, -0.05) is 0 Å². The number of nitrogens with one attached hydrogen (secondary N) is 3. The summed E-state index contributed by atoms with van der Waals surface area (Å²) in [5, 5.41) is 32.7. The van der Waals surface area contributed by atoms with Crippen molar-refractivity contribution in [1.82, 2.24) is 16.0 Å². The Morgan fingerprint density at radius 3 is 2.10 bits per heavy atom. The van der Waals surface area contributed by atoms with E-state index >= 15 is 0 Å². The van der Waals surface area contributed by atoms with Crippen molar-refractivity contribution in [2.45, 2.75) is 37.4 Å².